The van der Waals surface area contributed by atoms with Gasteiger partial charge in [-0.25, -0.2) is 0 Å². The SMILES string of the molecule is Cc1ccc([C@H](C)NC2CCCC(C(C)C)C2)cc1. The number of nitrogens with one attached hydrogen (secondary N) is 1. The largest absolute Gasteiger partial charge is 0.307 e. The Morgan fingerprint density at radius 2 is 1.74 bits per heavy atom. The molecule has 0 amide bonds. The lowest BCUT2D eigenvalue weighted by molar-refractivity contribution is 0.223. The molecule has 0 spiro atoms. The maximum atomic E-state index is 3.84. The summed E-state index contributed by atoms with van der Waals surface area (Å²) in [6.07, 6.45) is 5.52. The maximum Gasteiger partial charge on any atom is 0.0294 e. The van der Waals surface area contributed by atoms with Gasteiger partial charge in [0.05, 0.1) is 0 Å². The lowest BCUT2D eigenvalue weighted by Gasteiger charge is -2.34. The van der Waals surface area contributed by atoms with Crippen molar-refractivity contribution in [2.75, 3.05) is 0 Å². The number of benzene rings is 1. The molecule has 1 aromatic carbocycles. The zero-order valence-electron chi connectivity index (χ0n) is 12.9. The molecule has 1 N–H and O–H groups in total. The highest BCUT2D eigenvalue weighted by molar-refractivity contribution is 5.23. The maximum absolute atomic E-state index is 3.84. The normalized spacial score (nSPS) is 25.5. The molecule has 1 aromatic rings. The smallest absolute Gasteiger partial charge is 0.0294 e. The van der Waals surface area contributed by atoms with Crippen molar-refractivity contribution in [2.24, 2.45) is 11.8 Å². The second kappa shape index (κ2) is 6.56. The highest BCUT2D eigenvalue weighted by Gasteiger charge is 2.25. The van der Waals surface area contributed by atoms with E-state index in [2.05, 4.69) is 57.3 Å². The molecule has 1 aliphatic rings. The Kier molecular flexibility index (Phi) is 5.04. The van der Waals surface area contributed by atoms with Crippen LogP contribution in [0.4, 0.5) is 0 Å². The molecule has 0 aliphatic heterocycles. The van der Waals surface area contributed by atoms with E-state index in [1.54, 1.807) is 0 Å². The van der Waals surface area contributed by atoms with Crippen molar-refractivity contribution in [1.82, 2.24) is 5.32 Å². The van der Waals surface area contributed by atoms with E-state index in [4.69, 9.17) is 0 Å². The van der Waals surface area contributed by atoms with Crippen molar-refractivity contribution in [3.8, 4) is 0 Å². The average Bonchev–Trinajstić information content (AvgIpc) is 2.39. The number of hydrogen-bond acceptors (Lipinski definition) is 1. The fourth-order valence-electron chi connectivity index (χ4n) is 3.29. The van der Waals surface area contributed by atoms with Crippen LogP contribution in [0.5, 0.6) is 0 Å². The van der Waals surface area contributed by atoms with E-state index in [0.717, 1.165) is 11.8 Å². The van der Waals surface area contributed by atoms with Crippen LogP contribution in [0.1, 0.15) is 63.6 Å². The second-order valence-electron chi connectivity index (χ2n) is 6.67. The molecule has 1 saturated carbocycles. The summed E-state index contributed by atoms with van der Waals surface area (Å²) in [6, 6.07) is 10.1. The predicted octanol–water partition coefficient (Wildman–Crippen LogP) is 4.86. The van der Waals surface area contributed by atoms with Gasteiger partial charge in [-0.05, 0) is 44.1 Å². The number of aryl methyl sites for hydroxylation is 1. The highest BCUT2D eigenvalue weighted by Crippen LogP contribution is 2.31. The van der Waals surface area contributed by atoms with Gasteiger partial charge >= 0.3 is 0 Å². The average molecular weight is 259 g/mol. The van der Waals surface area contributed by atoms with E-state index in [0.29, 0.717) is 12.1 Å². The fourth-order valence-corrected chi connectivity index (χ4v) is 3.29. The summed E-state index contributed by atoms with van der Waals surface area (Å²) in [5, 5.41) is 3.84. The van der Waals surface area contributed by atoms with Gasteiger partial charge in [-0.1, -0.05) is 56.5 Å². The second-order valence-corrected chi connectivity index (χ2v) is 6.67. The van der Waals surface area contributed by atoms with Crippen LogP contribution in [0.15, 0.2) is 24.3 Å². The van der Waals surface area contributed by atoms with Crippen LogP contribution in [0.3, 0.4) is 0 Å². The molecule has 0 radical (unpaired) electrons. The summed E-state index contributed by atoms with van der Waals surface area (Å²) >= 11 is 0. The number of rotatable bonds is 4. The molecule has 2 unspecified atom stereocenters. The molecule has 3 atom stereocenters. The van der Waals surface area contributed by atoms with Gasteiger partial charge in [-0.15, -0.1) is 0 Å². The monoisotopic (exact) mass is 259 g/mol. The molecule has 0 bridgehead atoms. The van der Waals surface area contributed by atoms with Gasteiger partial charge in [-0.2, -0.15) is 0 Å². The Morgan fingerprint density at radius 1 is 1.05 bits per heavy atom. The summed E-state index contributed by atoms with van der Waals surface area (Å²) < 4.78 is 0. The summed E-state index contributed by atoms with van der Waals surface area (Å²) in [4.78, 5) is 0. The van der Waals surface area contributed by atoms with Crippen LogP contribution in [0, 0.1) is 18.8 Å². The molecule has 1 fully saturated rings. The van der Waals surface area contributed by atoms with Crippen molar-refractivity contribution >= 4 is 0 Å². The third-order valence-electron chi connectivity index (χ3n) is 4.72. The minimum atomic E-state index is 0.469. The topological polar surface area (TPSA) is 12.0 Å². The predicted molar refractivity (Wildman–Crippen MR) is 83.3 cm³/mol. The minimum Gasteiger partial charge on any atom is -0.307 e. The van der Waals surface area contributed by atoms with Crippen LogP contribution < -0.4 is 5.32 Å². The third-order valence-corrected chi connectivity index (χ3v) is 4.72. The summed E-state index contributed by atoms with van der Waals surface area (Å²) in [5.74, 6) is 1.75. The van der Waals surface area contributed by atoms with Gasteiger partial charge in [0.25, 0.3) is 0 Å². The van der Waals surface area contributed by atoms with Gasteiger partial charge in [0.15, 0.2) is 0 Å². The molecule has 0 heterocycles. The molecule has 2 rings (SSSR count). The summed E-state index contributed by atoms with van der Waals surface area (Å²) in [7, 11) is 0. The van der Waals surface area contributed by atoms with Crippen molar-refractivity contribution in [2.45, 2.75) is 65.5 Å². The van der Waals surface area contributed by atoms with Gasteiger partial charge in [0, 0.05) is 12.1 Å². The van der Waals surface area contributed by atoms with Gasteiger partial charge in [-0.3, -0.25) is 0 Å². The van der Waals surface area contributed by atoms with Crippen LogP contribution in [-0.2, 0) is 0 Å². The van der Waals surface area contributed by atoms with Crippen LogP contribution in [0.2, 0.25) is 0 Å². The van der Waals surface area contributed by atoms with Gasteiger partial charge in [0.2, 0.25) is 0 Å². The van der Waals surface area contributed by atoms with E-state index in [1.807, 2.05) is 0 Å². The summed E-state index contributed by atoms with van der Waals surface area (Å²) in [5.41, 5.74) is 2.76. The van der Waals surface area contributed by atoms with E-state index in [1.165, 1.54) is 36.8 Å². The third kappa shape index (κ3) is 4.07. The fraction of sp³-hybridized carbons (Fsp3) is 0.667. The van der Waals surface area contributed by atoms with Gasteiger partial charge in [0.1, 0.15) is 0 Å². The lowest BCUT2D eigenvalue weighted by Crippen LogP contribution is -2.37. The Labute approximate surface area is 118 Å². The highest BCUT2D eigenvalue weighted by atomic mass is 14.9. The van der Waals surface area contributed by atoms with E-state index in [9.17, 15) is 0 Å². The van der Waals surface area contributed by atoms with E-state index in [-0.39, 0.29) is 0 Å². The van der Waals surface area contributed by atoms with Crippen LogP contribution in [-0.4, -0.2) is 6.04 Å². The number of hydrogen-bond donors (Lipinski definition) is 1. The molecular formula is C18H29N. The zero-order chi connectivity index (χ0) is 13.8. The Morgan fingerprint density at radius 3 is 2.37 bits per heavy atom. The Hall–Kier alpha value is -0.820. The molecule has 1 nitrogen and oxygen atoms in total. The van der Waals surface area contributed by atoms with E-state index < -0.39 is 0 Å². The zero-order valence-corrected chi connectivity index (χ0v) is 12.9. The molecule has 1 aliphatic carbocycles. The van der Waals surface area contributed by atoms with Crippen molar-refractivity contribution in [1.29, 1.82) is 0 Å². The van der Waals surface area contributed by atoms with Crippen LogP contribution in [0.25, 0.3) is 0 Å². The first-order valence-corrected chi connectivity index (χ1v) is 7.89. The molecule has 106 valence electrons. The van der Waals surface area contributed by atoms with Gasteiger partial charge < -0.3 is 5.32 Å². The van der Waals surface area contributed by atoms with Crippen LogP contribution >= 0.6 is 0 Å². The first kappa shape index (κ1) is 14.6. The minimum absolute atomic E-state index is 0.469. The molecular weight excluding hydrogens is 230 g/mol. The molecule has 0 aromatic heterocycles. The first-order valence-electron chi connectivity index (χ1n) is 7.89. The van der Waals surface area contributed by atoms with Crippen molar-refractivity contribution in [3.63, 3.8) is 0 Å². The Bertz CT molecular complexity index is 379. The standard InChI is InChI=1S/C18H29N/c1-13(2)17-6-5-7-18(12-17)19-15(4)16-10-8-14(3)9-11-16/h8-11,13,15,17-19H,5-7,12H2,1-4H3/t15-,17?,18?/m0/s1. The quantitative estimate of drug-likeness (QED) is 0.814. The molecule has 19 heavy (non-hydrogen) atoms. The molecule has 0 saturated heterocycles. The van der Waals surface area contributed by atoms with E-state index >= 15 is 0 Å². The Balaban J connectivity index is 1.91. The van der Waals surface area contributed by atoms with Crippen molar-refractivity contribution < 1.29 is 0 Å². The first-order chi connectivity index (χ1) is 9.06. The van der Waals surface area contributed by atoms with Crippen molar-refractivity contribution in [3.05, 3.63) is 35.4 Å². The molecule has 1 heteroatoms. The summed E-state index contributed by atoms with van der Waals surface area (Å²) in [6.45, 7) is 9.19. The lowest BCUT2D eigenvalue weighted by atomic mass is 9.79.